The number of hydrogen-bond acceptors (Lipinski definition) is 5. The van der Waals surface area contributed by atoms with E-state index >= 15 is 0 Å². The van der Waals surface area contributed by atoms with Crippen LogP contribution in [-0.4, -0.2) is 37.4 Å². The molecule has 2 aromatic heterocycles. The van der Waals surface area contributed by atoms with E-state index in [9.17, 15) is 22.8 Å². The van der Waals surface area contributed by atoms with Gasteiger partial charge in [-0.25, -0.2) is 9.50 Å². The SMILES string of the molecule is Cc1nc2nc(C(F)(F)F)nn2c(C)c1CCC(=O)Nc1ccccc1C(=O)NC1CCCC1. The fourth-order valence-corrected chi connectivity index (χ4v) is 4.26. The molecule has 0 aliphatic heterocycles. The lowest BCUT2D eigenvalue weighted by molar-refractivity contribution is -0.144. The van der Waals surface area contributed by atoms with Gasteiger partial charge in [-0.05, 0) is 50.8 Å². The molecule has 2 heterocycles. The first-order chi connectivity index (χ1) is 16.1. The Kier molecular flexibility index (Phi) is 6.54. The predicted octanol–water partition coefficient (Wildman–Crippen LogP) is 4.00. The van der Waals surface area contributed by atoms with Gasteiger partial charge in [0, 0.05) is 23.9 Å². The molecule has 2 N–H and O–H groups in total. The summed E-state index contributed by atoms with van der Waals surface area (Å²) in [5.41, 5.74) is 2.34. The van der Waals surface area contributed by atoms with Crippen molar-refractivity contribution < 1.29 is 22.8 Å². The maximum Gasteiger partial charge on any atom is 0.453 e. The third-order valence-electron chi connectivity index (χ3n) is 6.04. The largest absolute Gasteiger partial charge is 0.453 e. The first-order valence-corrected chi connectivity index (χ1v) is 11.1. The second-order valence-electron chi connectivity index (χ2n) is 8.45. The number of benzene rings is 1. The molecule has 1 saturated carbocycles. The van der Waals surface area contributed by atoms with E-state index in [1.54, 1.807) is 38.1 Å². The molecule has 0 saturated heterocycles. The summed E-state index contributed by atoms with van der Waals surface area (Å²) in [5, 5.41) is 9.33. The first-order valence-electron chi connectivity index (χ1n) is 11.1. The van der Waals surface area contributed by atoms with Crippen LogP contribution in [0.4, 0.5) is 18.9 Å². The smallest absolute Gasteiger partial charge is 0.349 e. The van der Waals surface area contributed by atoms with Crippen molar-refractivity contribution in [1.82, 2.24) is 24.9 Å². The molecule has 34 heavy (non-hydrogen) atoms. The van der Waals surface area contributed by atoms with Crippen LogP contribution in [0.2, 0.25) is 0 Å². The van der Waals surface area contributed by atoms with Crippen molar-refractivity contribution in [3.63, 3.8) is 0 Å². The zero-order valence-corrected chi connectivity index (χ0v) is 18.9. The molecule has 11 heteroatoms. The average Bonchev–Trinajstić information content (AvgIpc) is 3.43. The van der Waals surface area contributed by atoms with E-state index in [0.29, 0.717) is 28.2 Å². The van der Waals surface area contributed by atoms with E-state index in [0.717, 1.165) is 30.2 Å². The number of carbonyl (C=O) groups is 2. The molecule has 3 aromatic rings. The Morgan fingerprint density at radius 3 is 2.53 bits per heavy atom. The van der Waals surface area contributed by atoms with Gasteiger partial charge in [0.25, 0.3) is 17.5 Å². The van der Waals surface area contributed by atoms with Gasteiger partial charge >= 0.3 is 6.18 Å². The summed E-state index contributed by atoms with van der Waals surface area (Å²) in [7, 11) is 0. The monoisotopic (exact) mass is 474 g/mol. The quantitative estimate of drug-likeness (QED) is 0.562. The molecule has 2 amide bonds. The van der Waals surface area contributed by atoms with Crippen molar-refractivity contribution in [2.45, 2.75) is 64.6 Å². The summed E-state index contributed by atoms with van der Waals surface area (Å²) in [6.45, 7) is 3.28. The Balaban J connectivity index is 1.46. The Morgan fingerprint density at radius 1 is 1.12 bits per heavy atom. The second kappa shape index (κ2) is 9.40. The molecule has 0 atom stereocenters. The molecule has 0 spiro atoms. The number of rotatable bonds is 6. The third kappa shape index (κ3) is 5.02. The number of nitrogens with one attached hydrogen (secondary N) is 2. The molecule has 1 aliphatic rings. The number of nitrogens with zero attached hydrogens (tertiary/aromatic N) is 4. The summed E-state index contributed by atoms with van der Waals surface area (Å²) in [6.07, 6.45) is -0.297. The molecule has 180 valence electrons. The van der Waals surface area contributed by atoms with E-state index in [1.807, 2.05) is 0 Å². The molecule has 1 aliphatic carbocycles. The number of aromatic nitrogens is 4. The van der Waals surface area contributed by atoms with Crippen molar-refractivity contribution in [2.75, 3.05) is 5.32 Å². The number of fused-ring (bicyclic) bond motifs is 1. The highest BCUT2D eigenvalue weighted by atomic mass is 19.4. The van der Waals surface area contributed by atoms with E-state index in [-0.39, 0.29) is 36.5 Å². The van der Waals surface area contributed by atoms with Crippen LogP contribution in [0.5, 0.6) is 0 Å². The van der Waals surface area contributed by atoms with Crippen LogP contribution in [0, 0.1) is 13.8 Å². The van der Waals surface area contributed by atoms with E-state index < -0.39 is 12.0 Å². The predicted molar refractivity (Wildman–Crippen MR) is 118 cm³/mol. The van der Waals surface area contributed by atoms with Crippen LogP contribution < -0.4 is 10.6 Å². The molecule has 0 radical (unpaired) electrons. The van der Waals surface area contributed by atoms with Gasteiger partial charge in [0.1, 0.15) is 0 Å². The Labute approximate surface area is 194 Å². The fourth-order valence-electron chi connectivity index (χ4n) is 4.26. The summed E-state index contributed by atoms with van der Waals surface area (Å²) < 4.78 is 40.0. The number of carbonyl (C=O) groups excluding carboxylic acids is 2. The van der Waals surface area contributed by atoms with Crippen LogP contribution in [-0.2, 0) is 17.4 Å². The molecular weight excluding hydrogens is 449 g/mol. The van der Waals surface area contributed by atoms with Crippen LogP contribution >= 0.6 is 0 Å². The van der Waals surface area contributed by atoms with Crippen LogP contribution in [0.15, 0.2) is 24.3 Å². The van der Waals surface area contributed by atoms with Gasteiger partial charge in [-0.1, -0.05) is 25.0 Å². The number of halogens is 3. The van der Waals surface area contributed by atoms with Crippen LogP contribution in [0.3, 0.4) is 0 Å². The number of aryl methyl sites for hydroxylation is 2. The molecule has 4 rings (SSSR count). The van der Waals surface area contributed by atoms with Crippen molar-refractivity contribution in [2.24, 2.45) is 0 Å². The van der Waals surface area contributed by atoms with E-state index in [2.05, 4.69) is 25.7 Å². The number of anilines is 1. The summed E-state index contributed by atoms with van der Waals surface area (Å²) in [6, 6.07) is 6.95. The second-order valence-corrected chi connectivity index (χ2v) is 8.45. The lowest BCUT2D eigenvalue weighted by Gasteiger charge is -2.15. The number of hydrogen-bond donors (Lipinski definition) is 2. The van der Waals surface area contributed by atoms with Crippen molar-refractivity contribution in [1.29, 1.82) is 0 Å². The number of para-hydroxylation sites is 1. The zero-order valence-electron chi connectivity index (χ0n) is 18.9. The minimum atomic E-state index is -4.68. The molecule has 0 unspecified atom stereocenters. The highest BCUT2D eigenvalue weighted by molar-refractivity contribution is 6.03. The maximum absolute atomic E-state index is 13.0. The van der Waals surface area contributed by atoms with Crippen molar-refractivity contribution in [3.05, 3.63) is 52.6 Å². The van der Waals surface area contributed by atoms with Crippen LogP contribution in [0.25, 0.3) is 5.78 Å². The Bertz CT molecular complexity index is 1230. The maximum atomic E-state index is 13.0. The van der Waals surface area contributed by atoms with Gasteiger partial charge in [0.15, 0.2) is 0 Å². The summed E-state index contributed by atoms with van der Waals surface area (Å²) in [4.78, 5) is 33.0. The van der Waals surface area contributed by atoms with E-state index in [4.69, 9.17) is 0 Å². The number of amides is 2. The minimum Gasteiger partial charge on any atom is -0.349 e. The topological polar surface area (TPSA) is 101 Å². The first kappa shape index (κ1) is 23.7. The zero-order chi connectivity index (χ0) is 24.5. The normalized spacial score (nSPS) is 14.5. The lowest BCUT2D eigenvalue weighted by Crippen LogP contribution is -2.33. The molecule has 8 nitrogen and oxygen atoms in total. The van der Waals surface area contributed by atoms with Crippen molar-refractivity contribution >= 4 is 23.3 Å². The number of alkyl halides is 3. The third-order valence-corrected chi connectivity index (χ3v) is 6.04. The van der Waals surface area contributed by atoms with Crippen LogP contribution in [0.1, 0.15) is 65.2 Å². The van der Waals surface area contributed by atoms with Crippen molar-refractivity contribution in [3.8, 4) is 0 Å². The molecule has 1 fully saturated rings. The highest BCUT2D eigenvalue weighted by Gasteiger charge is 2.37. The highest BCUT2D eigenvalue weighted by Crippen LogP contribution is 2.27. The molecule has 1 aromatic carbocycles. The summed E-state index contributed by atoms with van der Waals surface area (Å²) in [5.74, 6) is -1.95. The molecule has 0 bridgehead atoms. The Morgan fingerprint density at radius 2 is 1.82 bits per heavy atom. The standard InChI is InChI=1S/C23H25F3N6O2/c1-13-16(14(2)32-22(27-13)30-21(31-32)23(24,25)26)11-12-19(33)29-18-10-6-5-9-17(18)20(34)28-15-7-3-4-8-15/h5-6,9-10,15H,3-4,7-8,11-12H2,1-2H3,(H,28,34)(H,29,33). The van der Waals surface area contributed by atoms with Gasteiger partial charge in [0.05, 0.1) is 11.3 Å². The van der Waals surface area contributed by atoms with Gasteiger partial charge in [-0.2, -0.15) is 18.2 Å². The summed E-state index contributed by atoms with van der Waals surface area (Å²) >= 11 is 0. The van der Waals surface area contributed by atoms with Gasteiger partial charge in [-0.3, -0.25) is 9.59 Å². The molecular formula is C23H25F3N6O2. The van der Waals surface area contributed by atoms with Gasteiger partial charge < -0.3 is 10.6 Å². The van der Waals surface area contributed by atoms with Gasteiger partial charge in [0.2, 0.25) is 5.91 Å². The average molecular weight is 474 g/mol. The minimum absolute atomic E-state index is 0.0499. The Hall–Kier alpha value is -3.50. The lowest BCUT2D eigenvalue weighted by atomic mass is 10.1. The van der Waals surface area contributed by atoms with E-state index in [1.165, 1.54) is 0 Å². The van der Waals surface area contributed by atoms with Gasteiger partial charge in [-0.15, -0.1) is 5.10 Å². The fraction of sp³-hybridized carbons (Fsp3) is 0.435.